The average molecular weight is 434 g/mol. The zero-order valence-electron chi connectivity index (χ0n) is 17.7. The third-order valence-electron chi connectivity index (χ3n) is 7.29. The standard InChI is InChI=1S/C24H27N5OS/c1-31-20-5-3-2-4-16(20)12-26-23-27-13-19(11-25)22(29-23)28-14-24-8-15-6-17(9-24)21(30)18(7-15)10-24/h2-5,13,15,17-18H,6-10,12,14H2,1H3,(H2,26,27,28,29)/t15?,17-,18+,24+. The maximum atomic E-state index is 12.5. The Bertz CT molecular complexity index is 1030. The Hall–Kier alpha value is -2.59. The quantitative estimate of drug-likeness (QED) is 0.622. The van der Waals surface area contributed by atoms with Gasteiger partial charge in [0.15, 0.2) is 0 Å². The molecule has 160 valence electrons. The summed E-state index contributed by atoms with van der Waals surface area (Å²) >= 11 is 1.71. The van der Waals surface area contributed by atoms with Crippen molar-refractivity contribution in [2.45, 2.75) is 43.5 Å². The van der Waals surface area contributed by atoms with Crippen LogP contribution >= 0.6 is 11.8 Å². The van der Waals surface area contributed by atoms with Gasteiger partial charge in [-0.25, -0.2) is 4.98 Å². The van der Waals surface area contributed by atoms with Crippen molar-refractivity contribution in [2.24, 2.45) is 23.2 Å². The molecule has 4 aliphatic rings. The Morgan fingerprint density at radius 3 is 2.71 bits per heavy atom. The number of Topliss-reactive ketones (excluding diaryl/α,β-unsaturated/α-hetero) is 1. The first-order chi connectivity index (χ1) is 15.1. The van der Waals surface area contributed by atoms with Crippen LogP contribution in [0.2, 0.25) is 0 Å². The molecule has 1 aromatic heterocycles. The smallest absolute Gasteiger partial charge is 0.224 e. The summed E-state index contributed by atoms with van der Waals surface area (Å²) in [6, 6.07) is 10.5. The molecule has 4 bridgehead atoms. The Morgan fingerprint density at radius 2 is 1.97 bits per heavy atom. The zero-order chi connectivity index (χ0) is 21.4. The fourth-order valence-electron chi connectivity index (χ4n) is 6.10. The summed E-state index contributed by atoms with van der Waals surface area (Å²) in [5.41, 5.74) is 1.80. The fraction of sp³-hybridized carbons (Fsp3) is 0.500. The lowest BCUT2D eigenvalue weighted by Gasteiger charge is -2.55. The van der Waals surface area contributed by atoms with Gasteiger partial charge in [0.2, 0.25) is 5.95 Å². The van der Waals surface area contributed by atoms with Crippen LogP contribution in [0.15, 0.2) is 35.4 Å². The first-order valence-corrected chi connectivity index (χ1v) is 12.2. The van der Waals surface area contributed by atoms with E-state index in [1.54, 1.807) is 18.0 Å². The topological polar surface area (TPSA) is 90.7 Å². The lowest BCUT2D eigenvalue weighted by atomic mass is 9.49. The maximum Gasteiger partial charge on any atom is 0.224 e. The van der Waals surface area contributed by atoms with Gasteiger partial charge in [-0.05, 0) is 61.3 Å². The van der Waals surface area contributed by atoms with Crippen LogP contribution < -0.4 is 10.6 Å². The van der Waals surface area contributed by atoms with Crippen molar-refractivity contribution in [3.8, 4) is 6.07 Å². The second-order valence-corrected chi connectivity index (χ2v) is 10.2. The Balaban J connectivity index is 1.29. The summed E-state index contributed by atoms with van der Waals surface area (Å²) in [6.07, 6.45) is 8.96. The number of aromatic nitrogens is 2. The monoisotopic (exact) mass is 433 g/mol. The SMILES string of the molecule is CSc1ccccc1CNc1ncc(C#N)c(NC[C@@]23CC4C[C@H](C2)C(=O)[C@@H](C4)C3)n1. The van der Waals surface area contributed by atoms with Crippen LogP contribution in [-0.2, 0) is 11.3 Å². The van der Waals surface area contributed by atoms with E-state index in [1.165, 1.54) is 16.9 Å². The van der Waals surface area contributed by atoms with Crippen LogP contribution in [-0.4, -0.2) is 28.6 Å². The molecule has 2 aromatic rings. The third-order valence-corrected chi connectivity index (χ3v) is 8.13. The number of benzene rings is 1. The number of nitriles is 1. The summed E-state index contributed by atoms with van der Waals surface area (Å²) in [7, 11) is 0. The van der Waals surface area contributed by atoms with Gasteiger partial charge >= 0.3 is 0 Å². The van der Waals surface area contributed by atoms with Gasteiger partial charge in [-0.15, -0.1) is 11.8 Å². The van der Waals surface area contributed by atoms with Crippen molar-refractivity contribution in [1.82, 2.24) is 9.97 Å². The van der Waals surface area contributed by atoms with E-state index in [-0.39, 0.29) is 17.3 Å². The van der Waals surface area contributed by atoms with Gasteiger partial charge < -0.3 is 10.6 Å². The zero-order valence-corrected chi connectivity index (χ0v) is 18.5. The van der Waals surface area contributed by atoms with E-state index in [9.17, 15) is 10.1 Å². The molecule has 6 rings (SSSR count). The minimum atomic E-state index is 0.160. The van der Waals surface area contributed by atoms with Crippen molar-refractivity contribution >= 4 is 29.3 Å². The van der Waals surface area contributed by atoms with E-state index >= 15 is 0 Å². The van der Waals surface area contributed by atoms with E-state index < -0.39 is 0 Å². The van der Waals surface area contributed by atoms with E-state index in [0.29, 0.717) is 35.6 Å². The Kier molecular flexibility index (Phi) is 5.35. The molecule has 0 amide bonds. The summed E-state index contributed by atoms with van der Waals surface area (Å²) in [4.78, 5) is 22.6. The Labute approximate surface area is 187 Å². The number of carbonyl (C=O) groups is 1. The van der Waals surface area contributed by atoms with Gasteiger partial charge in [0, 0.05) is 29.8 Å². The molecular weight excluding hydrogens is 406 g/mol. The van der Waals surface area contributed by atoms with E-state index in [2.05, 4.69) is 45.1 Å². The van der Waals surface area contributed by atoms with Crippen molar-refractivity contribution < 1.29 is 4.79 Å². The van der Waals surface area contributed by atoms with Gasteiger partial charge in [0.25, 0.3) is 0 Å². The normalized spacial score (nSPS) is 28.4. The molecule has 4 aliphatic carbocycles. The predicted octanol–water partition coefficient (Wildman–Crippen LogP) is 4.49. The van der Waals surface area contributed by atoms with Crippen LogP contribution in [0.5, 0.6) is 0 Å². The van der Waals surface area contributed by atoms with Crippen LogP contribution in [0.4, 0.5) is 11.8 Å². The molecule has 0 radical (unpaired) electrons. The van der Waals surface area contributed by atoms with Crippen molar-refractivity contribution in [1.29, 1.82) is 5.26 Å². The summed E-state index contributed by atoms with van der Waals surface area (Å²) in [5, 5.41) is 16.3. The molecule has 4 saturated carbocycles. The third kappa shape index (κ3) is 3.89. The van der Waals surface area contributed by atoms with Crippen molar-refractivity contribution in [3.63, 3.8) is 0 Å². The number of rotatable bonds is 7. The summed E-state index contributed by atoms with van der Waals surface area (Å²) in [5.74, 6) is 2.79. The van der Waals surface area contributed by atoms with E-state index in [1.807, 2.05) is 12.1 Å². The highest BCUT2D eigenvalue weighted by Gasteiger charge is 2.54. The van der Waals surface area contributed by atoms with Crippen LogP contribution in [0.1, 0.15) is 43.2 Å². The van der Waals surface area contributed by atoms with Crippen LogP contribution in [0.25, 0.3) is 0 Å². The fourth-order valence-corrected chi connectivity index (χ4v) is 6.72. The van der Waals surface area contributed by atoms with Crippen LogP contribution in [0.3, 0.4) is 0 Å². The Morgan fingerprint density at radius 1 is 1.19 bits per heavy atom. The first kappa shape index (κ1) is 20.3. The summed E-state index contributed by atoms with van der Waals surface area (Å²) in [6.45, 7) is 1.39. The number of ketones is 1. The van der Waals surface area contributed by atoms with Gasteiger partial charge in [-0.3, -0.25) is 4.79 Å². The molecule has 0 aliphatic heterocycles. The molecule has 1 aromatic carbocycles. The predicted molar refractivity (Wildman–Crippen MR) is 122 cm³/mol. The number of hydrogen-bond donors (Lipinski definition) is 2. The molecule has 7 heteroatoms. The average Bonchev–Trinajstić information content (AvgIpc) is 2.79. The molecule has 4 fully saturated rings. The second-order valence-electron chi connectivity index (χ2n) is 9.33. The highest BCUT2D eigenvalue weighted by molar-refractivity contribution is 7.98. The lowest BCUT2D eigenvalue weighted by molar-refractivity contribution is -0.146. The van der Waals surface area contributed by atoms with Crippen LogP contribution in [0, 0.1) is 34.5 Å². The number of hydrogen-bond acceptors (Lipinski definition) is 7. The molecule has 2 N–H and O–H groups in total. The van der Waals surface area contributed by atoms with Gasteiger partial charge in [0.1, 0.15) is 23.2 Å². The highest BCUT2D eigenvalue weighted by Crippen LogP contribution is 2.58. The number of carbonyl (C=O) groups excluding carboxylic acids is 1. The number of thioether (sulfide) groups is 1. The van der Waals surface area contributed by atoms with Gasteiger partial charge in [0.05, 0.1) is 6.20 Å². The molecule has 6 nitrogen and oxygen atoms in total. The minimum absolute atomic E-state index is 0.160. The minimum Gasteiger partial charge on any atom is -0.368 e. The van der Waals surface area contributed by atoms with Gasteiger partial charge in [-0.1, -0.05) is 18.2 Å². The molecule has 0 saturated heterocycles. The largest absolute Gasteiger partial charge is 0.368 e. The number of nitrogens with zero attached hydrogens (tertiary/aromatic N) is 3. The second kappa shape index (κ2) is 8.16. The number of anilines is 2. The van der Waals surface area contributed by atoms with Crippen molar-refractivity contribution in [3.05, 3.63) is 41.6 Å². The highest BCUT2D eigenvalue weighted by atomic mass is 32.2. The molecule has 4 atom stereocenters. The van der Waals surface area contributed by atoms with Crippen molar-refractivity contribution in [2.75, 3.05) is 23.4 Å². The van der Waals surface area contributed by atoms with E-state index in [4.69, 9.17) is 0 Å². The van der Waals surface area contributed by atoms with Gasteiger partial charge in [-0.2, -0.15) is 10.2 Å². The molecular formula is C24H27N5OS. The van der Waals surface area contributed by atoms with E-state index in [0.717, 1.165) is 32.2 Å². The molecule has 1 unspecified atom stereocenters. The summed E-state index contributed by atoms with van der Waals surface area (Å²) < 4.78 is 0. The number of nitrogens with one attached hydrogen (secondary N) is 2. The molecule has 1 heterocycles. The molecule has 31 heavy (non-hydrogen) atoms. The first-order valence-electron chi connectivity index (χ1n) is 11.0. The maximum absolute atomic E-state index is 12.5. The lowest BCUT2D eigenvalue weighted by Crippen LogP contribution is -2.53. The molecule has 0 spiro atoms.